The highest BCUT2D eigenvalue weighted by Crippen LogP contribution is 2.19. The number of ketones is 1. The number of benzene rings is 3. The highest BCUT2D eigenvalue weighted by Gasteiger charge is 2.13. The second-order valence-electron chi connectivity index (χ2n) is 7.49. The van der Waals surface area contributed by atoms with Gasteiger partial charge in [-0.05, 0) is 42.8 Å². The van der Waals surface area contributed by atoms with Crippen molar-refractivity contribution >= 4 is 46.1 Å². The van der Waals surface area contributed by atoms with E-state index in [9.17, 15) is 14.4 Å². The SMILES string of the molecule is CCn1c(SCC(=O)Nc2cccc(C(=O)/C=C/c3ccccc3)c2)nc2ccccc2c1=O. The molecule has 4 rings (SSSR count). The molecule has 34 heavy (non-hydrogen) atoms. The number of para-hydroxylation sites is 1. The van der Waals surface area contributed by atoms with E-state index in [-0.39, 0.29) is 23.0 Å². The van der Waals surface area contributed by atoms with Crippen LogP contribution in [0.2, 0.25) is 0 Å². The van der Waals surface area contributed by atoms with Crippen molar-refractivity contribution in [2.75, 3.05) is 11.1 Å². The molecule has 6 nitrogen and oxygen atoms in total. The zero-order chi connectivity index (χ0) is 23.9. The first-order valence-corrected chi connectivity index (χ1v) is 11.8. The van der Waals surface area contributed by atoms with E-state index in [0.29, 0.717) is 33.9 Å². The van der Waals surface area contributed by atoms with Crippen LogP contribution in [0.5, 0.6) is 0 Å². The fraction of sp³-hybridized carbons (Fsp3) is 0.111. The third-order valence-corrected chi connectivity index (χ3v) is 6.11. The number of nitrogens with one attached hydrogen (secondary N) is 1. The number of anilines is 1. The number of carbonyl (C=O) groups excluding carboxylic acids is 2. The van der Waals surface area contributed by atoms with Crippen molar-refractivity contribution in [2.45, 2.75) is 18.6 Å². The molecule has 0 bridgehead atoms. The number of carbonyl (C=O) groups is 2. The molecule has 0 atom stereocenters. The Morgan fingerprint density at radius 3 is 2.56 bits per heavy atom. The molecule has 0 saturated carbocycles. The van der Waals surface area contributed by atoms with Crippen molar-refractivity contribution in [2.24, 2.45) is 0 Å². The van der Waals surface area contributed by atoms with E-state index in [1.165, 1.54) is 17.8 Å². The standard InChI is InChI=1S/C27H23N3O3S/c1-2-30-26(33)22-13-6-7-14-23(22)29-27(30)34-18-25(32)28-21-12-8-11-20(17-21)24(31)16-15-19-9-4-3-5-10-19/h3-17H,2,18H2,1H3,(H,28,32)/b16-15+. The molecule has 1 amide bonds. The largest absolute Gasteiger partial charge is 0.325 e. The summed E-state index contributed by atoms with van der Waals surface area (Å²) in [5.41, 5.74) is 2.43. The number of nitrogens with zero attached hydrogens (tertiary/aromatic N) is 2. The normalized spacial score (nSPS) is 11.1. The van der Waals surface area contributed by atoms with Crippen LogP contribution in [-0.2, 0) is 11.3 Å². The summed E-state index contributed by atoms with van der Waals surface area (Å²) in [6.45, 7) is 2.33. The van der Waals surface area contributed by atoms with Gasteiger partial charge in [-0.3, -0.25) is 19.0 Å². The molecule has 0 saturated heterocycles. The van der Waals surface area contributed by atoms with Gasteiger partial charge in [0.15, 0.2) is 10.9 Å². The van der Waals surface area contributed by atoms with Crippen LogP contribution >= 0.6 is 11.8 Å². The molecule has 0 aliphatic carbocycles. The van der Waals surface area contributed by atoms with E-state index >= 15 is 0 Å². The number of thioether (sulfide) groups is 1. The van der Waals surface area contributed by atoms with Crippen LogP contribution in [0.3, 0.4) is 0 Å². The minimum atomic E-state index is -0.250. The summed E-state index contributed by atoms with van der Waals surface area (Å²) in [4.78, 5) is 42.4. The van der Waals surface area contributed by atoms with Crippen molar-refractivity contribution in [3.63, 3.8) is 0 Å². The van der Waals surface area contributed by atoms with E-state index in [1.54, 1.807) is 47.0 Å². The van der Waals surface area contributed by atoms with E-state index in [4.69, 9.17) is 0 Å². The lowest BCUT2D eigenvalue weighted by Crippen LogP contribution is -2.23. The van der Waals surface area contributed by atoms with Crippen molar-refractivity contribution in [3.8, 4) is 0 Å². The van der Waals surface area contributed by atoms with Gasteiger partial charge in [0.05, 0.1) is 16.7 Å². The number of allylic oxidation sites excluding steroid dienone is 1. The Morgan fingerprint density at radius 1 is 1.00 bits per heavy atom. The molecular weight excluding hydrogens is 446 g/mol. The average Bonchev–Trinajstić information content (AvgIpc) is 2.87. The molecular formula is C27H23N3O3S. The topological polar surface area (TPSA) is 81.1 Å². The van der Waals surface area contributed by atoms with Gasteiger partial charge in [-0.25, -0.2) is 4.98 Å². The van der Waals surface area contributed by atoms with Crippen LogP contribution in [0.4, 0.5) is 5.69 Å². The Labute approximate surface area is 201 Å². The third-order valence-electron chi connectivity index (χ3n) is 5.13. The molecule has 0 spiro atoms. The minimum absolute atomic E-state index is 0.0802. The lowest BCUT2D eigenvalue weighted by molar-refractivity contribution is -0.113. The quantitative estimate of drug-likeness (QED) is 0.169. The number of fused-ring (bicyclic) bond motifs is 1. The van der Waals surface area contributed by atoms with Gasteiger partial charge in [-0.1, -0.05) is 72.4 Å². The first-order valence-electron chi connectivity index (χ1n) is 10.8. The van der Waals surface area contributed by atoms with Crippen molar-refractivity contribution < 1.29 is 9.59 Å². The maximum atomic E-state index is 12.7. The van der Waals surface area contributed by atoms with Crippen LogP contribution in [0.25, 0.3) is 17.0 Å². The summed E-state index contributed by atoms with van der Waals surface area (Å²) in [7, 11) is 0. The second kappa shape index (κ2) is 10.8. The molecule has 0 aliphatic heterocycles. The molecule has 4 aromatic rings. The van der Waals surface area contributed by atoms with Gasteiger partial charge >= 0.3 is 0 Å². The Hall–Kier alpha value is -3.97. The molecule has 0 fully saturated rings. The molecule has 1 N–H and O–H groups in total. The van der Waals surface area contributed by atoms with Crippen LogP contribution in [0.15, 0.2) is 94.9 Å². The summed E-state index contributed by atoms with van der Waals surface area (Å²) in [5, 5.41) is 3.87. The molecule has 0 unspecified atom stereocenters. The van der Waals surface area contributed by atoms with Crippen LogP contribution < -0.4 is 10.9 Å². The van der Waals surface area contributed by atoms with Gasteiger partial charge in [-0.15, -0.1) is 0 Å². The molecule has 7 heteroatoms. The van der Waals surface area contributed by atoms with Gasteiger partial charge in [0.1, 0.15) is 0 Å². The van der Waals surface area contributed by atoms with Crippen LogP contribution in [-0.4, -0.2) is 27.0 Å². The molecule has 3 aromatic carbocycles. The van der Waals surface area contributed by atoms with Crippen molar-refractivity contribution in [3.05, 3.63) is 106 Å². The fourth-order valence-corrected chi connectivity index (χ4v) is 4.31. The number of amides is 1. The van der Waals surface area contributed by atoms with Crippen molar-refractivity contribution in [1.82, 2.24) is 9.55 Å². The van der Waals surface area contributed by atoms with E-state index in [1.807, 2.05) is 49.4 Å². The van der Waals surface area contributed by atoms with Gasteiger partial charge in [-0.2, -0.15) is 0 Å². The zero-order valence-corrected chi connectivity index (χ0v) is 19.4. The maximum Gasteiger partial charge on any atom is 0.262 e. The molecule has 1 heterocycles. The minimum Gasteiger partial charge on any atom is -0.325 e. The first kappa shape index (κ1) is 23.2. The van der Waals surface area contributed by atoms with E-state index < -0.39 is 0 Å². The van der Waals surface area contributed by atoms with Crippen molar-refractivity contribution in [1.29, 1.82) is 0 Å². The summed E-state index contributed by atoms with van der Waals surface area (Å²) in [6.07, 6.45) is 3.27. The summed E-state index contributed by atoms with van der Waals surface area (Å²) in [5.74, 6) is -0.321. The predicted octanol–water partition coefficient (Wildman–Crippen LogP) is 5.04. The second-order valence-corrected chi connectivity index (χ2v) is 8.43. The molecule has 0 aliphatic rings. The monoisotopic (exact) mass is 469 g/mol. The number of aromatic nitrogens is 2. The third kappa shape index (κ3) is 5.50. The smallest absolute Gasteiger partial charge is 0.262 e. The summed E-state index contributed by atoms with van der Waals surface area (Å²) >= 11 is 1.21. The molecule has 170 valence electrons. The van der Waals surface area contributed by atoms with E-state index in [2.05, 4.69) is 10.3 Å². The Balaban J connectivity index is 1.42. The Kier molecular flexibility index (Phi) is 7.34. The van der Waals surface area contributed by atoms with E-state index in [0.717, 1.165) is 5.56 Å². The Morgan fingerprint density at radius 2 is 1.76 bits per heavy atom. The lowest BCUT2D eigenvalue weighted by atomic mass is 10.1. The van der Waals surface area contributed by atoms with Crippen LogP contribution in [0, 0.1) is 0 Å². The van der Waals surface area contributed by atoms with Gasteiger partial charge in [0.25, 0.3) is 5.56 Å². The number of rotatable bonds is 8. The highest BCUT2D eigenvalue weighted by molar-refractivity contribution is 7.99. The van der Waals surface area contributed by atoms with Gasteiger partial charge in [0, 0.05) is 17.8 Å². The van der Waals surface area contributed by atoms with Crippen LogP contribution in [0.1, 0.15) is 22.8 Å². The average molecular weight is 470 g/mol. The lowest BCUT2D eigenvalue weighted by Gasteiger charge is -2.11. The van der Waals surface area contributed by atoms with Gasteiger partial charge in [0.2, 0.25) is 5.91 Å². The summed E-state index contributed by atoms with van der Waals surface area (Å²) in [6, 6.07) is 23.6. The maximum absolute atomic E-state index is 12.7. The number of hydrogen-bond acceptors (Lipinski definition) is 5. The Bertz CT molecular complexity index is 1430. The summed E-state index contributed by atoms with van der Waals surface area (Å²) < 4.78 is 1.57. The highest BCUT2D eigenvalue weighted by atomic mass is 32.2. The molecule has 0 radical (unpaired) electrons. The fourth-order valence-electron chi connectivity index (χ4n) is 3.45. The molecule has 1 aromatic heterocycles. The number of hydrogen-bond donors (Lipinski definition) is 1. The first-order chi connectivity index (χ1) is 16.5. The van der Waals surface area contributed by atoms with Gasteiger partial charge < -0.3 is 5.32 Å². The zero-order valence-electron chi connectivity index (χ0n) is 18.6. The predicted molar refractivity (Wildman–Crippen MR) is 137 cm³/mol.